The lowest BCUT2D eigenvalue weighted by molar-refractivity contribution is -0.107. The Balaban J connectivity index is 2.64. The first-order valence-electron chi connectivity index (χ1n) is 7.61. The largest absolute Gasteiger partial charge is 0.345 e. The van der Waals surface area contributed by atoms with Gasteiger partial charge >= 0.3 is 0 Å². The molecule has 0 aliphatic heterocycles. The first-order valence-corrected chi connectivity index (χ1v) is 11.2. The molecule has 1 aromatic heterocycles. The molecule has 0 unspecified atom stereocenters. The van der Waals surface area contributed by atoms with E-state index in [-0.39, 0.29) is 17.2 Å². The Bertz CT molecular complexity index is 1010. The van der Waals surface area contributed by atoms with Gasteiger partial charge in [-0.25, -0.2) is 16.8 Å². The van der Waals surface area contributed by atoms with Crippen LogP contribution in [0.25, 0.3) is 10.9 Å². The second-order valence-corrected chi connectivity index (χ2v) is 10.9. The van der Waals surface area contributed by atoms with Crippen LogP contribution in [0.1, 0.15) is 26.3 Å². The van der Waals surface area contributed by atoms with E-state index in [4.69, 9.17) is 0 Å². The van der Waals surface area contributed by atoms with Crippen molar-refractivity contribution in [3.63, 3.8) is 0 Å². The van der Waals surface area contributed by atoms with Gasteiger partial charge in [-0.3, -0.25) is 4.72 Å². The fraction of sp³-hybridized carbons (Fsp3) is 0.438. The van der Waals surface area contributed by atoms with Gasteiger partial charge in [0.25, 0.3) is 0 Å². The van der Waals surface area contributed by atoms with Gasteiger partial charge in [0, 0.05) is 22.9 Å². The lowest BCUT2D eigenvalue weighted by atomic mass is 10.0. The van der Waals surface area contributed by atoms with Crippen molar-refractivity contribution in [2.24, 2.45) is 5.41 Å². The number of fused-ring (bicyclic) bond motifs is 1. The van der Waals surface area contributed by atoms with Crippen LogP contribution >= 0.6 is 0 Å². The second-order valence-electron chi connectivity index (χ2n) is 7.26. The third-order valence-corrected chi connectivity index (χ3v) is 6.21. The highest BCUT2D eigenvalue weighted by Gasteiger charge is 2.28. The zero-order valence-electron chi connectivity index (χ0n) is 14.6. The number of anilines is 1. The van der Waals surface area contributed by atoms with Crippen molar-refractivity contribution < 1.29 is 21.6 Å². The third kappa shape index (κ3) is 4.82. The van der Waals surface area contributed by atoms with E-state index in [1.54, 1.807) is 6.07 Å². The molecule has 2 aromatic rings. The van der Waals surface area contributed by atoms with E-state index in [0.29, 0.717) is 28.4 Å². The van der Waals surface area contributed by atoms with E-state index < -0.39 is 25.3 Å². The van der Waals surface area contributed by atoms with Crippen molar-refractivity contribution in [1.82, 2.24) is 4.98 Å². The molecule has 138 valence electrons. The lowest BCUT2D eigenvalue weighted by Gasteiger charge is -2.17. The van der Waals surface area contributed by atoms with Gasteiger partial charge < -0.3 is 9.78 Å². The van der Waals surface area contributed by atoms with E-state index in [1.807, 2.05) is 20.8 Å². The van der Waals surface area contributed by atoms with Crippen LogP contribution in [0.2, 0.25) is 0 Å². The van der Waals surface area contributed by atoms with Gasteiger partial charge in [0.2, 0.25) is 10.0 Å². The number of aldehydes is 1. The van der Waals surface area contributed by atoms with Crippen LogP contribution in [-0.2, 0) is 31.1 Å². The highest BCUT2D eigenvalue weighted by Crippen LogP contribution is 2.31. The molecule has 2 N–H and O–H groups in total. The lowest BCUT2D eigenvalue weighted by Crippen LogP contribution is -2.22. The number of H-pyrrole nitrogens is 1. The Morgan fingerprint density at radius 2 is 1.80 bits per heavy atom. The third-order valence-electron chi connectivity index (χ3n) is 3.39. The Kier molecular flexibility index (Phi) is 5.02. The summed E-state index contributed by atoms with van der Waals surface area (Å²) in [5, 5.41) is 0.597. The van der Waals surface area contributed by atoms with E-state index in [2.05, 4.69) is 9.71 Å². The summed E-state index contributed by atoms with van der Waals surface area (Å²) >= 11 is 0. The van der Waals surface area contributed by atoms with E-state index >= 15 is 0 Å². The Morgan fingerprint density at radius 3 is 2.32 bits per heavy atom. The number of sulfonamides is 1. The zero-order chi connectivity index (χ0) is 19.0. The molecule has 7 nitrogen and oxygen atoms in total. The molecule has 0 fully saturated rings. The average molecular weight is 386 g/mol. The molecule has 0 aliphatic rings. The first-order chi connectivity index (χ1) is 11.3. The van der Waals surface area contributed by atoms with Crippen LogP contribution in [0, 0.1) is 5.41 Å². The van der Waals surface area contributed by atoms with E-state index in [1.165, 1.54) is 12.1 Å². The average Bonchev–Trinajstić information content (AvgIpc) is 2.73. The van der Waals surface area contributed by atoms with Gasteiger partial charge in [-0.05, 0) is 17.5 Å². The molecule has 0 aliphatic carbocycles. The molecule has 1 heterocycles. The molecule has 1 aromatic carbocycles. The number of carbonyl (C=O) groups is 1. The van der Waals surface area contributed by atoms with Crippen molar-refractivity contribution in [1.29, 1.82) is 0 Å². The topological polar surface area (TPSA) is 113 Å². The van der Waals surface area contributed by atoms with Gasteiger partial charge in [0.05, 0.1) is 17.7 Å². The maximum absolute atomic E-state index is 12.8. The minimum atomic E-state index is -3.63. The van der Waals surface area contributed by atoms with Crippen LogP contribution in [0.3, 0.4) is 0 Å². The summed E-state index contributed by atoms with van der Waals surface area (Å²) in [6.07, 6.45) is 1.64. The van der Waals surface area contributed by atoms with Crippen molar-refractivity contribution in [3.05, 3.63) is 23.8 Å². The number of rotatable bonds is 6. The van der Waals surface area contributed by atoms with Crippen LogP contribution in [0.4, 0.5) is 5.69 Å². The maximum atomic E-state index is 12.8. The second kappa shape index (κ2) is 6.45. The van der Waals surface area contributed by atoms with Crippen molar-refractivity contribution in [2.75, 3.05) is 16.7 Å². The summed E-state index contributed by atoms with van der Waals surface area (Å²) in [5.74, 6) is -0.0763. The van der Waals surface area contributed by atoms with Crippen LogP contribution in [0.15, 0.2) is 23.2 Å². The predicted molar refractivity (Wildman–Crippen MR) is 98.0 cm³/mol. The molecule has 0 amide bonds. The summed E-state index contributed by atoms with van der Waals surface area (Å²) in [7, 11) is -7.08. The molecule has 0 saturated carbocycles. The minimum absolute atomic E-state index is 0.0148. The first kappa shape index (κ1) is 19.5. The fourth-order valence-electron chi connectivity index (χ4n) is 2.70. The summed E-state index contributed by atoms with van der Waals surface area (Å²) in [4.78, 5) is 13.9. The number of benzene rings is 1. The number of sulfone groups is 1. The van der Waals surface area contributed by atoms with Crippen molar-refractivity contribution >= 4 is 42.7 Å². The quantitative estimate of drug-likeness (QED) is 0.738. The van der Waals surface area contributed by atoms with E-state index in [9.17, 15) is 21.6 Å². The number of aromatic nitrogens is 1. The Morgan fingerprint density at radius 1 is 1.16 bits per heavy atom. The predicted octanol–water partition coefficient (Wildman–Crippen LogP) is 2.10. The van der Waals surface area contributed by atoms with Gasteiger partial charge in [0.15, 0.2) is 9.84 Å². The van der Waals surface area contributed by atoms with Crippen LogP contribution < -0.4 is 4.72 Å². The van der Waals surface area contributed by atoms with Crippen molar-refractivity contribution in [3.8, 4) is 0 Å². The zero-order valence-corrected chi connectivity index (χ0v) is 16.2. The number of hydrogen-bond acceptors (Lipinski definition) is 5. The summed E-state index contributed by atoms with van der Waals surface area (Å²) in [6, 6.07) is 4.65. The number of carbonyl (C=O) groups excluding carboxylic acids is 1. The van der Waals surface area contributed by atoms with Crippen LogP contribution in [-0.4, -0.2) is 40.1 Å². The Labute approximate surface area is 147 Å². The van der Waals surface area contributed by atoms with Crippen molar-refractivity contribution in [2.45, 2.75) is 32.2 Å². The SMILES string of the molecule is CC(C)(C)CS(=O)(=O)c1[nH]c2cc(NS(C)(=O)=O)ccc2c1CC=O. The smallest absolute Gasteiger partial charge is 0.229 e. The molecular formula is C16H22N2O5S2. The van der Waals surface area contributed by atoms with Gasteiger partial charge in [-0.1, -0.05) is 26.8 Å². The number of nitrogens with one attached hydrogen (secondary N) is 2. The maximum Gasteiger partial charge on any atom is 0.229 e. The highest BCUT2D eigenvalue weighted by atomic mass is 32.2. The monoisotopic (exact) mass is 386 g/mol. The summed E-state index contributed by atoms with van der Waals surface area (Å²) in [6.45, 7) is 5.46. The molecule has 25 heavy (non-hydrogen) atoms. The summed E-state index contributed by atoms with van der Waals surface area (Å²) < 4.78 is 50.6. The molecule has 0 saturated heterocycles. The molecule has 9 heteroatoms. The Hall–Kier alpha value is -1.87. The van der Waals surface area contributed by atoms with E-state index in [0.717, 1.165) is 6.26 Å². The van der Waals surface area contributed by atoms with Crippen LogP contribution in [0.5, 0.6) is 0 Å². The van der Waals surface area contributed by atoms with Gasteiger partial charge in [-0.15, -0.1) is 0 Å². The van der Waals surface area contributed by atoms with Gasteiger partial charge in [0.1, 0.15) is 11.3 Å². The highest BCUT2D eigenvalue weighted by molar-refractivity contribution is 7.92. The standard InChI is InChI=1S/C16H22N2O5S2/c1-16(2,3)10-25(22,23)15-13(7-8-19)12-6-5-11(9-14(12)17-15)18-24(4,20)21/h5-6,8-9,17-18H,7,10H2,1-4H3. The fourth-order valence-corrected chi connectivity index (χ4v) is 5.38. The summed E-state index contributed by atoms with van der Waals surface area (Å²) in [5.41, 5.74) is 0.726. The molecule has 0 spiro atoms. The number of aromatic amines is 1. The molecular weight excluding hydrogens is 364 g/mol. The molecule has 0 bridgehead atoms. The molecule has 0 atom stereocenters. The minimum Gasteiger partial charge on any atom is -0.345 e. The molecule has 0 radical (unpaired) electrons. The normalized spacial score (nSPS) is 13.1. The van der Waals surface area contributed by atoms with Gasteiger partial charge in [-0.2, -0.15) is 0 Å². The number of hydrogen-bond donors (Lipinski definition) is 2. The molecule has 2 rings (SSSR count).